The van der Waals surface area contributed by atoms with Crippen molar-refractivity contribution in [3.63, 3.8) is 0 Å². The summed E-state index contributed by atoms with van der Waals surface area (Å²) in [6.45, 7) is 11.5. The van der Waals surface area contributed by atoms with E-state index in [2.05, 4.69) is 6.92 Å². The number of hydrogen-bond acceptors (Lipinski definition) is 2. The molecule has 0 saturated carbocycles. The molecule has 1 atom stereocenters. The minimum Gasteiger partial charge on any atom is -0.213 e. The Morgan fingerprint density at radius 2 is 1.60 bits per heavy atom. The van der Waals surface area contributed by atoms with E-state index in [1.54, 1.807) is 4.31 Å². The zero-order valence-electron chi connectivity index (χ0n) is 11.1. The van der Waals surface area contributed by atoms with E-state index >= 15 is 0 Å². The standard InChI is InChI=1S/C7H15NO2S.2C2H6/c1-7-4-3-5-8(6-7)11(2,9)10;2*1-2/h7H,3-6H2,1-2H3;2*1-2H3/t7-;;/m1../s1. The molecule has 0 amide bonds. The van der Waals surface area contributed by atoms with Crippen LogP contribution in [0.15, 0.2) is 0 Å². The van der Waals surface area contributed by atoms with Gasteiger partial charge in [0.25, 0.3) is 0 Å². The van der Waals surface area contributed by atoms with Crippen molar-refractivity contribution in [1.29, 1.82) is 0 Å². The van der Waals surface area contributed by atoms with Gasteiger partial charge in [-0.2, -0.15) is 0 Å². The summed E-state index contributed by atoms with van der Waals surface area (Å²) in [5.41, 5.74) is 0. The fourth-order valence-electron chi connectivity index (χ4n) is 1.45. The fourth-order valence-corrected chi connectivity index (χ4v) is 2.43. The first-order valence-electron chi connectivity index (χ1n) is 5.95. The van der Waals surface area contributed by atoms with E-state index in [0.29, 0.717) is 19.0 Å². The van der Waals surface area contributed by atoms with Gasteiger partial charge < -0.3 is 0 Å². The number of sulfonamides is 1. The van der Waals surface area contributed by atoms with Crippen LogP contribution in [0.4, 0.5) is 0 Å². The lowest BCUT2D eigenvalue weighted by Crippen LogP contribution is -2.38. The molecular weight excluding hydrogens is 210 g/mol. The van der Waals surface area contributed by atoms with E-state index in [-0.39, 0.29) is 0 Å². The maximum atomic E-state index is 11.1. The van der Waals surface area contributed by atoms with Crippen LogP contribution in [0.5, 0.6) is 0 Å². The average molecular weight is 237 g/mol. The van der Waals surface area contributed by atoms with E-state index in [0.717, 1.165) is 12.8 Å². The molecule has 15 heavy (non-hydrogen) atoms. The smallest absolute Gasteiger partial charge is 0.211 e. The monoisotopic (exact) mass is 237 g/mol. The Morgan fingerprint density at radius 1 is 1.13 bits per heavy atom. The zero-order chi connectivity index (χ0) is 12.5. The Bertz CT molecular complexity index is 225. The van der Waals surface area contributed by atoms with Gasteiger partial charge in [-0.25, -0.2) is 12.7 Å². The van der Waals surface area contributed by atoms with Gasteiger partial charge in [-0.05, 0) is 18.8 Å². The molecule has 1 aliphatic rings. The van der Waals surface area contributed by atoms with Crippen molar-refractivity contribution in [2.45, 2.75) is 47.5 Å². The van der Waals surface area contributed by atoms with Gasteiger partial charge in [-0.3, -0.25) is 0 Å². The Hall–Kier alpha value is -0.0900. The van der Waals surface area contributed by atoms with Crippen molar-refractivity contribution in [1.82, 2.24) is 4.31 Å². The summed E-state index contributed by atoms with van der Waals surface area (Å²) in [6, 6.07) is 0. The zero-order valence-corrected chi connectivity index (χ0v) is 11.9. The van der Waals surface area contributed by atoms with Gasteiger partial charge in [0.15, 0.2) is 0 Å². The fraction of sp³-hybridized carbons (Fsp3) is 1.00. The molecule has 0 bridgehead atoms. The maximum absolute atomic E-state index is 11.1. The van der Waals surface area contributed by atoms with Crippen LogP contribution in [0, 0.1) is 5.92 Å². The van der Waals surface area contributed by atoms with Crippen molar-refractivity contribution >= 4 is 10.0 Å². The van der Waals surface area contributed by atoms with E-state index in [4.69, 9.17) is 0 Å². The van der Waals surface area contributed by atoms with E-state index in [1.807, 2.05) is 27.7 Å². The largest absolute Gasteiger partial charge is 0.213 e. The Labute approximate surface area is 95.9 Å². The van der Waals surface area contributed by atoms with Crippen LogP contribution in [0.1, 0.15) is 47.5 Å². The van der Waals surface area contributed by atoms with Crippen molar-refractivity contribution < 1.29 is 8.42 Å². The van der Waals surface area contributed by atoms with Gasteiger partial charge in [-0.15, -0.1) is 0 Å². The summed E-state index contributed by atoms with van der Waals surface area (Å²) in [5, 5.41) is 0. The highest BCUT2D eigenvalue weighted by Gasteiger charge is 2.22. The Kier molecular flexibility index (Phi) is 10.6. The van der Waals surface area contributed by atoms with Crippen LogP contribution >= 0.6 is 0 Å². The molecule has 0 radical (unpaired) electrons. The van der Waals surface area contributed by atoms with Crippen LogP contribution in [-0.4, -0.2) is 32.1 Å². The third-order valence-electron chi connectivity index (χ3n) is 2.09. The summed E-state index contributed by atoms with van der Waals surface area (Å²) in [4.78, 5) is 0. The van der Waals surface area contributed by atoms with Crippen molar-refractivity contribution in [2.24, 2.45) is 5.92 Å². The minimum absolute atomic E-state index is 0.526. The van der Waals surface area contributed by atoms with E-state index in [1.165, 1.54) is 6.26 Å². The molecule has 1 heterocycles. The number of rotatable bonds is 1. The maximum Gasteiger partial charge on any atom is 0.211 e. The van der Waals surface area contributed by atoms with Gasteiger partial charge in [0.05, 0.1) is 6.26 Å². The highest BCUT2D eigenvalue weighted by molar-refractivity contribution is 7.88. The summed E-state index contributed by atoms with van der Waals surface area (Å²) in [6.07, 6.45) is 3.45. The van der Waals surface area contributed by atoms with Gasteiger partial charge >= 0.3 is 0 Å². The molecule has 94 valence electrons. The second-order valence-corrected chi connectivity index (χ2v) is 5.35. The van der Waals surface area contributed by atoms with Crippen LogP contribution in [0.3, 0.4) is 0 Å². The van der Waals surface area contributed by atoms with Crippen molar-refractivity contribution in [3.8, 4) is 0 Å². The van der Waals surface area contributed by atoms with Crippen LogP contribution in [0.25, 0.3) is 0 Å². The molecule has 1 saturated heterocycles. The highest BCUT2D eigenvalue weighted by Crippen LogP contribution is 2.17. The third-order valence-corrected chi connectivity index (χ3v) is 3.36. The third kappa shape index (κ3) is 7.79. The Morgan fingerprint density at radius 3 is 1.87 bits per heavy atom. The van der Waals surface area contributed by atoms with Crippen LogP contribution < -0.4 is 0 Å². The van der Waals surface area contributed by atoms with Gasteiger partial charge in [0, 0.05) is 13.1 Å². The molecule has 0 N–H and O–H groups in total. The second kappa shape index (κ2) is 9.16. The lowest BCUT2D eigenvalue weighted by Gasteiger charge is -2.28. The molecule has 0 aromatic heterocycles. The van der Waals surface area contributed by atoms with Crippen molar-refractivity contribution in [3.05, 3.63) is 0 Å². The number of piperidine rings is 1. The first-order valence-corrected chi connectivity index (χ1v) is 7.80. The average Bonchev–Trinajstić information content (AvgIpc) is 2.23. The first-order chi connectivity index (χ1) is 7.00. The Balaban J connectivity index is 0. The lowest BCUT2D eigenvalue weighted by molar-refractivity contribution is 0.283. The molecule has 0 aliphatic carbocycles. The van der Waals surface area contributed by atoms with Crippen LogP contribution in [-0.2, 0) is 10.0 Å². The predicted octanol–water partition coefficient (Wildman–Crippen LogP) is 2.73. The molecule has 1 aliphatic heterocycles. The molecule has 0 aromatic carbocycles. The number of nitrogens with zero attached hydrogens (tertiary/aromatic N) is 1. The topological polar surface area (TPSA) is 37.4 Å². The molecule has 0 spiro atoms. The molecule has 1 fully saturated rings. The summed E-state index contributed by atoms with van der Waals surface area (Å²) in [5.74, 6) is 0.526. The number of hydrogen-bond donors (Lipinski definition) is 0. The van der Waals surface area contributed by atoms with Gasteiger partial charge in [0.1, 0.15) is 0 Å². The normalized spacial score (nSPS) is 21.9. The molecule has 0 aromatic rings. The highest BCUT2D eigenvalue weighted by atomic mass is 32.2. The van der Waals surface area contributed by atoms with E-state index in [9.17, 15) is 8.42 Å². The van der Waals surface area contributed by atoms with Gasteiger partial charge in [0.2, 0.25) is 10.0 Å². The SMILES string of the molecule is CC.CC.C[C@@H]1CCCN(S(C)(=O)=O)C1. The van der Waals surface area contributed by atoms with Crippen molar-refractivity contribution in [2.75, 3.05) is 19.3 Å². The summed E-state index contributed by atoms with van der Waals surface area (Å²) < 4.78 is 23.7. The van der Waals surface area contributed by atoms with E-state index < -0.39 is 10.0 Å². The lowest BCUT2D eigenvalue weighted by atomic mass is 10.0. The second-order valence-electron chi connectivity index (χ2n) is 3.37. The minimum atomic E-state index is -2.93. The molecular formula is C11H27NO2S. The molecule has 3 nitrogen and oxygen atoms in total. The molecule has 4 heteroatoms. The summed E-state index contributed by atoms with van der Waals surface area (Å²) in [7, 11) is -2.93. The molecule has 0 unspecified atom stereocenters. The quantitative estimate of drug-likeness (QED) is 0.703. The first kappa shape index (κ1) is 17.3. The molecule has 1 rings (SSSR count). The van der Waals surface area contributed by atoms with Gasteiger partial charge in [-0.1, -0.05) is 34.6 Å². The van der Waals surface area contributed by atoms with Crippen LogP contribution in [0.2, 0.25) is 0 Å². The predicted molar refractivity (Wildman–Crippen MR) is 67.5 cm³/mol. The summed E-state index contributed by atoms with van der Waals surface area (Å²) >= 11 is 0.